The van der Waals surface area contributed by atoms with Gasteiger partial charge in [0.15, 0.2) is 0 Å². The number of nitrogens with one attached hydrogen (secondary N) is 2. The van der Waals surface area contributed by atoms with Crippen molar-refractivity contribution in [2.45, 2.75) is 63.0 Å². The Morgan fingerprint density at radius 2 is 1.43 bits per heavy atom. The summed E-state index contributed by atoms with van der Waals surface area (Å²) >= 11 is 3.40. The smallest absolute Gasteiger partial charge is 0.364 e. The van der Waals surface area contributed by atoms with Crippen molar-refractivity contribution in [2.75, 3.05) is 6.54 Å². The molecule has 8 nitrogen and oxygen atoms in total. The van der Waals surface area contributed by atoms with Gasteiger partial charge in [-0.3, -0.25) is 4.79 Å². The number of hydrogen-bond donors (Lipinski definition) is 3. The molecule has 0 aromatic heterocycles. The molecule has 0 spiro atoms. The van der Waals surface area contributed by atoms with Gasteiger partial charge < -0.3 is 15.2 Å². The molecule has 0 aliphatic rings. The van der Waals surface area contributed by atoms with E-state index in [-0.39, 0.29) is 34.8 Å². The van der Waals surface area contributed by atoms with Crippen LogP contribution >= 0.6 is 15.9 Å². The van der Waals surface area contributed by atoms with E-state index in [1.807, 2.05) is 36.4 Å². The molecule has 0 fully saturated rings. The van der Waals surface area contributed by atoms with Gasteiger partial charge in [0, 0.05) is 24.4 Å². The third kappa shape index (κ3) is 8.39. The van der Waals surface area contributed by atoms with E-state index in [0.717, 1.165) is 21.2 Å². The average molecular weight is 632 g/mol. The summed E-state index contributed by atoms with van der Waals surface area (Å²) < 4.78 is 36.2. The number of rotatable bonds is 12. The Morgan fingerprint density at radius 1 is 0.875 bits per heavy atom. The minimum absolute atomic E-state index is 0.0936. The summed E-state index contributed by atoms with van der Waals surface area (Å²) in [5.74, 6) is -1.46. The predicted molar refractivity (Wildman–Crippen MR) is 159 cm³/mol. The first kappa shape index (κ1) is 31.3. The van der Waals surface area contributed by atoms with Gasteiger partial charge in [0.2, 0.25) is 15.9 Å². The molecule has 0 aliphatic carbocycles. The lowest BCUT2D eigenvalue weighted by molar-refractivity contribution is -0.157. The molecular formula is C30H35BrN2O6S. The Hall–Kier alpha value is -3.21. The maximum Gasteiger partial charge on any atom is 0.364 e. The van der Waals surface area contributed by atoms with E-state index in [9.17, 15) is 23.1 Å². The van der Waals surface area contributed by atoms with Gasteiger partial charge in [0.05, 0.1) is 4.90 Å². The summed E-state index contributed by atoms with van der Waals surface area (Å²) in [6.07, 6.45) is 0.543. The van der Waals surface area contributed by atoms with Crippen LogP contribution < -0.4 is 14.8 Å². The molecule has 1 amide bonds. The lowest BCUT2D eigenvalue weighted by Gasteiger charge is -2.31. The van der Waals surface area contributed by atoms with Gasteiger partial charge in [-0.2, -0.15) is 4.72 Å². The summed E-state index contributed by atoms with van der Waals surface area (Å²) in [6, 6.07) is 20.7. The summed E-state index contributed by atoms with van der Waals surface area (Å²) in [4.78, 5) is 23.8. The predicted octanol–water partition coefficient (Wildman–Crippen LogP) is 5.86. The number of hydrogen-bond acceptors (Lipinski definition) is 5. The first-order valence-corrected chi connectivity index (χ1v) is 15.2. The molecule has 10 heteroatoms. The summed E-state index contributed by atoms with van der Waals surface area (Å²) in [6.45, 7) is 7.87. The molecule has 0 heterocycles. The first-order valence-electron chi connectivity index (χ1n) is 12.9. The number of unbranched alkanes of at least 4 members (excludes halogenated alkanes) is 1. The van der Waals surface area contributed by atoms with Gasteiger partial charge >= 0.3 is 5.97 Å². The topological polar surface area (TPSA) is 122 Å². The van der Waals surface area contributed by atoms with Crippen LogP contribution in [0.3, 0.4) is 0 Å². The minimum atomic E-state index is -4.31. The summed E-state index contributed by atoms with van der Waals surface area (Å²) in [5, 5.41) is 13.0. The van der Waals surface area contributed by atoms with Crippen molar-refractivity contribution >= 4 is 37.8 Å². The highest BCUT2D eigenvalue weighted by Gasteiger charge is 2.45. The molecule has 0 aliphatic heterocycles. The van der Waals surface area contributed by atoms with Gasteiger partial charge in [-0.15, -0.1) is 0 Å². The standard InChI is InChI=1S/C30H35BrN2O6S/c1-21(34)32-20-6-5-19-30(28(35)36,39-26-15-11-24(12-16-26)29(2,3)4)33-40(37,38)27-17-9-23(10-18-27)22-7-13-25(31)14-8-22/h7-18,33H,5-6,19-20H2,1-4H3,(H,32,34)(H,35,36). The second kappa shape index (κ2) is 13.0. The summed E-state index contributed by atoms with van der Waals surface area (Å²) in [5.41, 5.74) is 0.326. The Bertz CT molecular complexity index is 1420. The minimum Gasteiger partial charge on any atom is -0.477 e. The van der Waals surface area contributed by atoms with Crippen LogP contribution in [-0.2, 0) is 25.0 Å². The number of aliphatic carboxylic acids is 1. The van der Waals surface area contributed by atoms with Crippen molar-refractivity contribution in [1.29, 1.82) is 0 Å². The van der Waals surface area contributed by atoms with E-state index in [0.29, 0.717) is 13.0 Å². The van der Waals surface area contributed by atoms with E-state index in [1.54, 1.807) is 24.3 Å². The lowest BCUT2D eigenvalue weighted by Crippen LogP contribution is -2.58. The van der Waals surface area contributed by atoms with E-state index in [4.69, 9.17) is 4.74 Å². The Kier molecular flexibility index (Phi) is 10.2. The zero-order chi connectivity index (χ0) is 29.6. The fourth-order valence-electron chi connectivity index (χ4n) is 4.05. The van der Waals surface area contributed by atoms with Gasteiger partial charge in [-0.25, -0.2) is 13.2 Å². The largest absolute Gasteiger partial charge is 0.477 e. The SMILES string of the molecule is CC(=O)NCCCCC(NS(=O)(=O)c1ccc(-c2ccc(Br)cc2)cc1)(Oc1ccc(C(C)(C)C)cc1)C(=O)O. The molecule has 40 heavy (non-hydrogen) atoms. The Balaban J connectivity index is 1.90. The van der Waals surface area contributed by atoms with Crippen LogP contribution in [0, 0.1) is 0 Å². The highest BCUT2D eigenvalue weighted by molar-refractivity contribution is 9.10. The van der Waals surface area contributed by atoms with E-state index < -0.39 is 21.7 Å². The van der Waals surface area contributed by atoms with Crippen molar-refractivity contribution in [1.82, 2.24) is 10.0 Å². The second-order valence-electron chi connectivity index (χ2n) is 10.6. The number of carboxylic acid groups (broad SMARTS) is 1. The monoisotopic (exact) mass is 630 g/mol. The second-order valence-corrected chi connectivity index (χ2v) is 13.2. The quantitative estimate of drug-likeness (QED) is 0.170. The molecule has 3 rings (SSSR count). The fourth-order valence-corrected chi connectivity index (χ4v) is 5.59. The number of carbonyl (C=O) groups is 2. The van der Waals surface area contributed by atoms with E-state index in [2.05, 4.69) is 46.7 Å². The van der Waals surface area contributed by atoms with Crippen molar-refractivity contribution in [3.05, 3.63) is 82.8 Å². The fraction of sp³-hybridized carbons (Fsp3) is 0.333. The number of ether oxygens (including phenoxy) is 1. The maximum atomic E-state index is 13.5. The molecule has 3 N–H and O–H groups in total. The number of halogens is 1. The molecule has 3 aromatic carbocycles. The third-order valence-corrected chi connectivity index (χ3v) is 8.35. The normalized spacial score (nSPS) is 13.3. The molecule has 0 saturated heterocycles. The molecule has 0 radical (unpaired) electrons. The van der Waals surface area contributed by atoms with Gasteiger partial charge in [0.1, 0.15) is 5.75 Å². The zero-order valence-corrected chi connectivity index (χ0v) is 25.4. The maximum absolute atomic E-state index is 13.5. The van der Waals surface area contributed by atoms with Crippen molar-refractivity contribution in [3.63, 3.8) is 0 Å². The van der Waals surface area contributed by atoms with Gasteiger partial charge in [-0.05, 0) is 71.3 Å². The molecule has 0 saturated carbocycles. The van der Waals surface area contributed by atoms with E-state index in [1.165, 1.54) is 19.1 Å². The van der Waals surface area contributed by atoms with Crippen LogP contribution in [0.4, 0.5) is 0 Å². The number of sulfonamides is 1. The van der Waals surface area contributed by atoms with Crippen LogP contribution in [0.25, 0.3) is 11.1 Å². The Morgan fingerprint density at radius 3 is 1.93 bits per heavy atom. The Labute approximate surface area is 244 Å². The summed E-state index contributed by atoms with van der Waals surface area (Å²) in [7, 11) is -4.31. The number of amides is 1. The number of benzene rings is 3. The van der Waals surface area contributed by atoms with Crippen molar-refractivity contribution in [3.8, 4) is 16.9 Å². The number of carbonyl (C=O) groups excluding carboxylic acids is 1. The highest BCUT2D eigenvalue weighted by atomic mass is 79.9. The van der Waals surface area contributed by atoms with Crippen LogP contribution in [0.2, 0.25) is 0 Å². The molecule has 3 aromatic rings. The van der Waals surface area contributed by atoms with Crippen LogP contribution in [0.15, 0.2) is 82.2 Å². The molecule has 0 bridgehead atoms. The molecule has 214 valence electrons. The average Bonchev–Trinajstić information content (AvgIpc) is 2.88. The molecule has 1 unspecified atom stereocenters. The number of carboxylic acids is 1. The first-order chi connectivity index (χ1) is 18.7. The molecular weight excluding hydrogens is 596 g/mol. The van der Waals surface area contributed by atoms with Crippen molar-refractivity contribution < 1.29 is 27.9 Å². The van der Waals surface area contributed by atoms with Crippen molar-refractivity contribution in [2.24, 2.45) is 0 Å². The van der Waals surface area contributed by atoms with Gasteiger partial charge in [0.25, 0.3) is 5.72 Å². The highest BCUT2D eigenvalue weighted by Crippen LogP contribution is 2.29. The van der Waals surface area contributed by atoms with E-state index >= 15 is 0 Å². The lowest BCUT2D eigenvalue weighted by atomic mass is 9.87. The van der Waals surface area contributed by atoms with Crippen LogP contribution in [0.1, 0.15) is 52.5 Å². The third-order valence-electron chi connectivity index (χ3n) is 6.33. The van der Waals surface area contributed by atoms with Crippen LogP contribution in [-0.4, -0.2) is 37.7 Å². The zero-order valence-electron chi connectivity index (χ0n) is 23.0. The van der Waals surface area contributed by atoms with Gasteiger partial charge in [-0.1, -0.05) is 73.1 Å². The van der Waals surface area contributed by atoms with Crippen LogP contribution in [0.5, 0.6) is 5.75 Å². The molecule has 1 atom stereocenters.